The second-order valence-corrected chi connectivity index (χ2v) is 9.96. The molecule has 1 heterocycles. The molecule has 0 aromatic heterocycles. The second kappa shape index (κ2) is 8.36. The Bertz CT molecular complexity index is 1150. The smallest absolute Gasteiger partial charge is 0.257 e. The van der Waals surface area contributed by atoms with Crippen molar-refractivity contribution in [1.29, 1.82) is 0 Å². The lowest BCUT2D eigenvalue weighted by molar-refractivity contribution is -0.123. The Balaban J connectivity index is 1.94. The van der Waals surface area contributed by atoms with Gasteiger partial charge >= 0.3 is 0 Å². The van der Waals surface area contributed by atoms with Gasteiger partial charge in [-0.15, -0.1) is 0 Å². The molecule has 2 N–H and O–H groups in total. The third-order valence-electron chi connectivity index (χ3n) is 5.14. The second-order valence-electron chi connectivity index (χ2n) is 8.40. The number of anilines is 1. The van der Waals surface area contributed by atoms with Gasteiger partial charge in [0.2, 0.25) is 15.9 Å². The zero-order chi connectivity index (χ0) is 23.8. The summed E-state index contributed by atoms with van der Waals surface area (Å²) in [5.41, 5.74) is -0.192. The molecule has 3 amide bonds. The molecule has 3 rings (SSSR count). The van der Waals surface area contributed by atoms with E-state index in [-0.39, 0.29) is 17.0 Å². The van der Waals surface area contributed by atoms with E-state index >= 15 is 0 Å². The van der Waals surface area contributed by atoms with Crippen molar-refractivity contribution in [2.24, 2.45) is 5.14 Å². The van der Waals surface area contributed by atoms with Gasteiger partial charge in [0.1, 0.15) is 11.8 Å². The summed E-state index contributed by atoms with van der Waals surface area (Å²) in [6.07, 6.45) is -0.186. The van der Waals surface area contributed by atoms with Crippen LogP contribution in [0.15, 0.2) is 53.4 Å². The number of carbonyl (C=O) groups excluding carboxylic acids is 3. The molecule has 170 valence electrons. The Morgan fingerprint density at radius 2 is 1.62 bits per heavy atom. The highest BCUT2D eigenvalue weighted by Crippen LogP contribution is 2.31. The largest absolute Gasteiger partial charge is 0.497 e. The van der Waals surface area contributed by atoms with Crippen LogP contribution in [0.5, 0.6) is 5.75 Å². The zero-order valence-electron chi connectivity index (χ0n) is 18.2. The first-order valence-corrected chi connectivity index (χ1v) is 11.4. The number of methoxy groups -OCH3 is 1. The number of sulfonamides is 1. The Hall–Kier alpha value is -3.24. The minimum atomic E-state index is -3.91. The number of hydrogen-bond donors (Lipinski definition) is 1. The SMILES string of the molecule is COc1ccc(C(=O)N(C2CC(=O)N(c3ccc(S(N)(=O)=O)cc3)C2=O)C(C)(C)C)cc1. The maximum absolute atomic E-state index is 13.4. The first-order valence-electron chi connectivity index (χ1n) is 9.82. The van der Waals surface area contributed by atoms with Gasteiger partial charge in [0.05, 0.1) is 24.1 Å². The van der Waals surface area contributed by atoms with E-state index in [1.165, 1.54) is 36.3 Å². The molecule has 1 aliphatic rings. The number of amides is 3. The zero-order valence-corrected chi connectivity index (χ0v) is 19.0. The summed E-state index contributed by atoms with van der Waals surface area (Å²) in [5, 5.41) is 5.10. The fraction of sp³-hybridized carbons (Fsp3) is 0.318. The van der Waals surface area contributed by atoms with Crippen LogP contribution in [-0.4, -0.2) is 49.7 Å². The molecule has 0 radical (unpaired) electrons. The Labute approximate surface area is 186 Å². The number of benzene rings is 2. The fourth-order valence-electron chi connectivity index (χ4n) is 3.66. The van der Waals surface area contributed by atoms with Gasteiger partial charge < -0.3 is 9.64 Å². The van der Waals surface area contributed by atoms with Crippen molar-refractivity contribution in [3.05, 3.63) is 54.1 Å². The van der Waals surface area contributed by atoms with Gasteiger partial charge in [-0.05, 0) is 69.3 Å². The molecule has 32 heavy (non-hydrogen) atoms. The fourth-order valence-corrected chi connectivity index (χ4v) is 4.18. The number of nitrogens with zero attached hydrogens (tertiary/aromatic N) is 2. The van der Waals surface area contributed by atoms with E-state index in [1.807, 2.05) is 0 Å². The number of nitrogens with two attached hydrogens (primary N) is 1. The van der Waals surface area contributed by atoms with Gasteiger partial charge in [-0.2, -0.15) is 0 Å². The monoisotopic (exact) mass is 459 g/mol. The van der Waals surface area contributed by atoms with Crippen LogP contribution < -0.4 is 14.8 Å². The minimum Gasteiger partial charge on any atom is -0.497 e. The molecule has 2 aromatic rings. The predicted octanol–water partition coefficient (Wildman–Crippen LogP) is 1.92. The summed E-state index contributed by atoms with van der Waals surface area (Å²) in [4.78, 5) is 41.6. The van der Waals surface area contributed by atoms with E-state index in [1.54, 1.807) is 45.0 Å². The molecule has 0 saturated carbocycles. The topological polar surface area (TPSA) is 127 Å². The van der Waals surface area contributed by atoms with Gasteiger partial charge in [-0.3, -0.25) is 14.4 Å². The quantitative estimate of drug-likeness (QED) is 0.681. The summed E-state index contributed by atoms with van der Waals surface area (Å²) in [6, 6.07) is 10.6. The molecule has 0 bridgehead atoms. The summed E-state index contributed by atoms with van der Waals surface area (Å²) < 4.78 is 28.1. The molecular formula is C22H25N3O6S. The number of primary sulfonamides is 1. The van der Waals surface area contributed by atoms with Crippen LogP contribution >= 0.6 is 0 Å². The molecule has 1 fully saturated rings. The number of rotatable bonds is 5. The van der Waals surface area contributed by atoms with Crippen LogP contribution in [-0.2, 0) is 19.6 Å². The van der Waals surface area contributed by atoms with Crippen molar-refractivity contribution < 1.29 is 27.5 Å². The lowest BCUT2D eigenvalue weighted by atomic mass is 9.99. The van der Waals surface area contributed by atoms with E-state index in [0.29, 0.717) is 11.3 Å². The molecule has 1 saturated heterocycles. The molecule has 10 heteroatoms. The summed E-state index contributed by atoms with van der Waals surface area (Å²) in [5.74, 6) is -0.849. The van der Waals surface area contributed by atoms with Crippen molar-refractivity contribution in [2.45, 2.75) is 43.7 Å². The predicted molar refractivity (Wildman–Crippen MR) is 118 cm³/mol. The molecule has 1 atom stereocenters. The van der Waals surface area contributed by atoms with Crippen LogP contribution in [0, 0.1) is 0 Å². The Morgan fingerprint density at radius 3 is 2.09 bits per heavy atom. The molecule has 1 unspecified atom stereocenters. The number of imide groups is 1. The summed E-state index contributed by atoms with van der Waals surface area (Å²) in [6.45, 7) is 5.36. The van der Waals surface area contributed by atoms with Crippen LogP contribution in [0.4, 0.5) is 5.69 Å². The molecule has 0 spiro atoms. The number of ether oxygens (including phenoxy) is 1. The van der Waals surface area contributed by atoms with Crippen LogP contribution in [0.2, 0.25) is 0 Å². The third-order valence-corrected chi connectivity index (χ3v) is 6.07. The van der Waals surface area contributed by atoms with Crippen LogP contribution in [0.1, 0.15) is 37.6 Å². The van der Waals surface area contributed by atoms with E-state index in [0.717, 1.165) is 4.90 Å². The molecule has 9 nitrogen and oxygen atoms in total. The van der Waals surface area contributed by atoms with Crippen LogP contribution in [0.3, 0.4) is 0 Å². The Morgan fingerprint density at radius 1 is 1.06 bits per heavy atom. The van der Waals surface area contributed by atoms with Gasteiger partial charge in [0.25, 0.3) is 11.8 Å². The number of carbonyl (C=O) groups is 3. The minimum absolute atomic E-state index is 0.136. The third kappa shape index (κ3) is 4.51. The summed E-state index contributed by atoms with van der Waals surface area (Å²) in [7, 11) is -2.39. The van der Waals surface area contributed by atoms with Crippen molar-refractivity contribution in [3.63, 3.8) is 0 Å². The van der Waals surface area contributed by atoms with Crippen LogP contribution in [0.25, 0.3) is 0 Å². The van der Waals surface area contributed by atoms with E-state index in [2.05, 4.69) is 0 Å². The lowest BCUT2D eigenvalue weighted by Crippen LogP contribution is -2.54. The lowest BCUT2D eigenvalue weighted by Gasteiger charge is -2.39. The molecule has 0 aliphatic carbocycles. The average Bonchev–Trinajstić information content (AvgIpc) is 3.00. The summed E-state index contributed by atoms with van der Waals surface area (Å²) >= 11 is 0. The number of hydrogen-bond acceptors (Lipinski definition) is 6. The van der Waals surface area contributed by atoms with E-state index in [4.69, 9.17) is 9.88 Å². The van der Waals surface area contributed by atoms with E-state index in [9.17, 15) is 22.8 Å². The van der Waals surface area contributed by atoms with Crippen molar-refractivity contribution in [2.75, 3.05) is 12.0 Å². The van der Waals surface area contributed by atoms with Gasteiger partial charge in [0.15, 0.2) is 0 Å². The maximum Gasteiger partial charge on any atom is 0.257 e. The van der Waals surface area contributed by atoms with Gasteiger partial charge in [-0.25, -0.2) is 18.5 Å². The standard InChI is InChI=1S/C22H25N3O6S/c1-22(2,3)25(20(27)14-5-9-16(31-4)10-6-14)18-13-19(26)24(21(18)28)15-7-11-17(12-8-15)32(23,29)30/h5-12,18H,13H2,1-4H3,(H2,23,29,30). The highest BCUT2D eigenvalue weighted by molar-refractivity contribution is 7.89. The highest BCUT2D eigenvalue weighted by atomic mass is 32.2. The maximum atomic E-state index is 13.4. The van der Waals surface area contributed by atoms with Gasteiger partial charge in [0, 0.05) is 11.1 Å². The normalized spacial score (nSPS) is 16.9. The first-order chi connectivity index (χ1) is 14.8. The van der Waals surface area contributed by atoms with Gasteiger partial charge in [-0.1, -0.05) is 0 Å². The van der Waals surface area contributed by atoms with Crippen molar-refractivity contribution in [1.82, 2.24) is 4.90 Å². The molecule has 1 aliphatic heterocycles. The van der Waals surface area contributed by atoms with E-state index < -0.39 is 39.3 Å². The Kier molecular flexibility index (Phi) is 6.12. The highest BCUT2D eigenvalue weighted by Gasteiger charge is 2.47. The molecular weight excluding hydrogens is 434 g/mol. The molecule has 2 aromatic carbocycles. The first kappa shape index (κ1) is 23.4. The average molecular weight is 460 g/mol. The van der Waals surface area contributed by atoms with Crippen molar-refractivity contribution >= 4 is 33.4 Å². The van der Waals surface area contributed by atoms with Crippen molar-refractivity contribution in [3.8, 4) is 5.75 Å².